The second-order valence-corrected chi connectivity index (χ2v) is 5.97. The third-order valence-electron chi connectivity index (χ3n) is 3.78. The predicted molar refractivity (Wildman–Crippen MR) is 82.4 cm³/mol. The summed E-state index contributed by atoms with van der Waals surface area (Å²) in [5.41, 5.74) is -9.10. The Kier molecular flexibility index (Phi) is 4.33. The second-order valence-electron chi connectivity index (χ2n) is 5.56. The summed E-state index contributed by atoms with van der Waals surface area (Å²) in [6, 6.07) is 0.422. The van der Waals surface area contributed by atoms with Gasteiger partial charge in [-0.25, -0.2) is 14.2 Å². The number of aromatic amines is 2. The van der Waals surface area contributed by atoms with Crippen LogP contribution in [0.25, 0.3) is 22.2 Å². The van der Waals surface area contributed by atoms with Crippen LogP contribution in [0, 0.1) is 5.82 Å². The van der Waals surface area contributed by atoms with Crippen LogP contribution < -0.4 is 11.2 Å². The summed E-state index contributed by atoms with van der Waals surface area (Å²) in [7, 11) is 0.656. The minimum Gasteiger partial charge on any atom is -0.334 e. The van der Waals surface area contributed by atoms with E-state index in [4.69, 9.17) is 11.6 Å². The zero-order valence-corrected chi connectivity index (χ0v) is 14.1. The van der Waals surface area contributed by atoms with E-state index in [2.05, 4.69) is 4.98 Å². The summed E-state index contributed by atoms with van der Waals surface area (Å²) >= 11 is 5.66. The van der Waals surface area contributed by atoms with Crippen LogP contribution in [0.5, 0.6) is 0 Å². The molecular formula is C14H6ClF7N4O2. The van der Waals surface area contributed by atoms with E-state index in [1.54, 1.807) is 9.97 Å². The molecule has 0 unspecified atom stereocenters. The van der Waals surface area contributed by atoms with Gasteiger partial charge in [0.1, 0.15) is 17.0 Å². The SMILES string of the molecule is Cn1c(C(F)(F)F)c(-c2c(F)cc(Cl)c3nc(C(F)(F)F)[nH]c23)c(=O)[nH]c1=O. The summed E-state index contributed by atoms with van der Waals surface area (Å²) in [6.07, 6.45) is -10.4. The molecule has 0 saturated carbocycles. The molecule has 2 N–H and O–H groups in total. The number of alkyl halides is 6. The number of rotatable bonds is 1. The van der Waals surface area contributed by atoms with Crippen LogP contribution >= 0.6 is 11.6 Å². The summed E-state index contributed by atoms with van der Waals surface area (Å²) in [6.45, 7) is 0. The molecule has 150 valence electrons. The molecule has 3 rings (SSSR count). The van der Waals surface area contributed by atoms with Gasteiger partial charge in [-0.2, -0.15) is 26.3 Å². The smallest absolute Gasteiger partial charge is 0.334 e. The minimum atomic E-state index is -5.32. The molecule has 3 aromatic rings. The first-order valence-electron chi connectivity index (χ1n) is 7.09. The van der Waals surface area contributed by atoms with Crippen LogP contribution in [0.2, 0.25) is 5.02 Å². The van der Waals surface area contributed by atoms with Gasteiger partial charge < -0.3 is 4.98 Å². The lowest BCUT2D eigenvalue weighted by atomic mass is 10.0. The van der Waals surface area contributed by atoms with E-state index in [0.717, 1.165) is 0 Å². The van der Waals surface area contributed by atoms with Gasteiger partial charge in [-0.15, -0.1) is 0 Å². The van der Waals surface area contributed by atoms with Gasteiger partial charge in [-0.3, -0.25) is 14.3 Å². The predicted octanol–water partition coefficient (Wildman–Crippen LogP) is 3.45. The zero-order chi connectivity index (χ0) is 21.2. The highest BCUT2D eigenvalue weighted by Crippen LogP contribution is 2.40. The fourth-order valence-corrected chi connectivity index (χ4v) is 2.89. The van der Waals surface area contributed by atoms with Gasteiger partial charge in [0, 0.05) is 7.05 Å². The quantitative estimate of drug-likeness (QED) is 0.580. The summed E-state index contributed by atoms with van der Waals surface area (Å²) < 4.78 is 93.8. The number of hydrogen-bond acceptors (Lipinski definition) is 3. The van der Waals surface area contributed by atoms with Crippen molar-refractivity contribution >= 4 is 22.6 Å². The van der Waals surface area contributed by atoms with Crippen LogP contribution in [-0.2, 0) is 19.4 Å². The lowest BCUT2D eigenvalue weighted by molar-refractivity contribution is -0.144. The highest BCUT2D eigenvalue weighted by Gasteiger charge is 2.41. The Morgan fingerprint density at radius 1 is 1.04 bits per heavy atom. The van der Waals surface area contributed by atoms with Crippen molar-refractivity contribution in [2.45, 2.75) is 12.4 Å². The number of nitrogens with zero attached hydrogens (tertiary/aromatic N) is 2. The first-order valence-corrected chi connectivity index (χ1v) is 7.47. The molecule has 14 heteroatoms. The number of benzene rings is 1. The van der Waals surface area contributed by atoms with Gasteiger partial charge >= 0.3 is 18.0 Å². The average molecular weight is 431 g/mol. The Hall–Kier alpha value is -2.83. The Morgan fingerprint density at radius 3 is 2.18 bits per heavy atom. The number of hydrogen-bond donors (Lipinski definition) is 2. The molecule has 2 heterocycles. The van der Waals surface area contributed by atoms with Crippen LogP contribution in [0.15, 0.2) is 15.7 Å². The first-order chi connectivity index (χ1) is 12.7. The normalized spacial score (nSPS) is 12.8. The second kappa shape index (κ2) is 6.09. The number of imidazole rings is 1. The molecule has 28 heavy (non-hydrogen) atoms. The molecule has 0 saturated heterocycles. The standard InChI is InChI=1S/C14H6ClF7N4O2/c1-26-9(13(17,18)19)6(10(27)25-12(26)28)5-4(16)2-3(15)7-8(5)24-11(23-7)14(20,21)22/h2H,1H3,(H,23,24)(H,25,27,28). The molecule has 1 aromatic carbocycles. The molecule has 0 aliphatic carbocycles. The Bertz CT molecular complexity index is 1220. The maximum Gasteiger partial charge on any atom is 0.449 e. The van der Waals surface area contributed by atoms with Crippen molar-refractivity contribution in [1.82, 2.24) is 19.5 Å². The maximum atomic E-state index is 14.5. The third-order valence-corrected chi connectivity index (χ3v) is 4.07. The summed E-state index contributed by atoms with van der Waals surface area (Å²) in [4.78, 5) is 30.0. The van der Waals surface area contributed by atoms with E-state index < -0.39 is 68.1 Å². The van der Waals surface area contributed by atoms with Gasteiger partial charge in [-0.05, 0) is 6.07 Å². The minimum absolute atomic E-state index is 0.00233. The van der Waals surface area contributed by atoms with E-state index in [1.165, 1.54) is 0 Å². The van der Waals surface area contributed by atoms with Crippen LogP contribution in [0.4, 0.5) is 30.7 Å². The third kappa shape index (κ3) is 3.04. The van der Waals surface area contributed by atoms with Crippen molar-refractivity contribution in [3.8, 4) is 11.1 Å². The van der Waals surface area contributed by atoms with Gasteiger partial charge in [0.15, 0.2) is 0 Å². The number of halogens is 8. The zero-order valence-electron chi connectivity index (χ0n) is 13.3. The Balaban J connectivity index is 2.57. The maximum absolute atomic E-state index is 14.5. The topological polar surface area (TPSA) is 83.5 Å². The Morgan fingerprint density at radius 2 is 1.64 bits per heavy atom. The van der Waals surface area contributed by atoms with E-state index in [9.17, 15) is 40.3 Å². The first kappa shape index (κ1) is 19.9. The lowest BCUT2D eigenvalue weighted by Crippen LogP contribution is -2.35. The van der Waals surface area contributed by atoms with Crippen molar-refractivity contribution in [1.29, 1.82) is 0 Å². The van der Waals surface area contributed by atoms with Crippen molar-refractivity contribution in [2.75, 3.05) is 0 Å². The molecule has 6 nitrogen and oxygen atoms in total. The number of H-pyrrole nitrogens is 2. The molecule has 2 aromatic heterocycles. The van der Waals surface area contributed by atoms with E-state index in [0.29, 0.717) is 13.1 Å². The molecule has 0 amide bonds. The number of aromatic nitrogens is 4. The van der Waals surface area contributed by atoms with Crippen molar-refractivity contribution in [3.63, 3.8) is 0 Å². The van der Waals surface area contributed by atoms with Crippen LogP contribution in [0.1, 0.15) is 11.5 Å². The summed E-state index contributed by atoms with van der Waals surface area (Å²) in [5, 5.41) is -0.627. The molecule has 0 aliphatic heterocycles. The molecule has 0 bridgehead atoms. The fraction of sp³-hybridized carbons (Fsp3) is 0.214. The van der Waals surface area contributed by atoms with E-state index in [1.807, 2.05) is 0 Å². The molecule has 0 fully saturated rings. The molecule has 0 atom stereocenters. The van der Waals surface area contributed by atoms with Gasteiger partial charge in [0.2, 0.25) is 5.82 Å². The van der Waals surface area contributed by atoms with Gasteiger partial charge in [0.05, 0.1) is 21.7 Å². The van der Waals surface area contributed by atoms with Gasteiger partial charge in [-0.1, -0.05) is 11.6 Å². The average Bonchev–Trinajstić information content (AvgIpc) is 2.96. The fourth-order valence-electron chi connectivity index (χ4n) is 2.66. The monoisotopic (exact) mass is 430 g/mol. The number of nitrogens with one attached hydrogen (secondary N) is 2. The van der Waals surface area contributed by atoms with Crippen LogP contribution in [-0.4, -0.2) is 19.5 Å². The van der Waals surface area contributed by atoms with Crippen molar-refractivity contribution in [3.05, 3.63) is 49.3 Å². The lowest BCUT2D eigenvalue weighted by Gasteiger charge is -2.16. The van der Waals surface area contributed by atoms with Gasteiger partial charge in [0.25, 0.3) is 5.56 Å². The molecular weight excluding hydrogens is 425 g/mol. The van der Waals surface area contributed by atoms with Crippen molar-refractivity contribution < 1.29 is 30.7 Å². The largest absolute Gasteiger partial charge is 0.449 e. The summed E-state index contributed by atoms with van der Waals surface area (Å²) in [5.74, 6) is -3.18. The molecule has 0 spiro atoms. The molecule has 0 radical (unpaired) electrons. The Labute approximate surface area is 153 Å². The van der Waals surface area contributed by atoms with E-state index in [-0.39, 0.29) is 4.57 Å². The van der Waals surface area contributed by atoms with Crippen LogP contribution in [0.3, 0.4) is 0 Å². The molecule has 0 aliphatic rings. The highest BCUT2D eigenvalue weighted by molar-refractivity contribution is 6.35. The number of fused-ring (bicyclic) bond motifs is 1. The van der Waals surface area contributed by atoms with Crippen molar-refractivity contribution in [2.24, 2.45) is 7.05 Å². The highest BCUT2D eigenvalue weighted by atomic mass is 35.5. The van der Waals surface area contributed by atoms with E-state index >= 15 is 0 Å².